The van der Waals surface area contributed by atoms with E-state index in [9.17, 15) is 4.39 Å². The molecule has 0 bridgehead atoms. The molecule has 0 saturated heterocycles. The Labute approximate surface area is 98.4 Å². The molecule has 5 nitrogen and oxygen atoms in total. The monoisotopic (exact) mass is 236 g/mol. The highest BCUT2D eigenvalue weighted by Crippen LogP contribution is 2.26. The third kappa shape index (κ3) is 3.44. The van der Waals surface area contributed by atoms with Crippen LogP contribution in [0.25, 0.3) is 0 Å². The van der Waals surface area contributed by atoms with Crippen molar-refractivity contribution in [1.29, 1.82) is 0 Å². The second kappa shape index (κ2) is 5.29. The average molecular weight is 236 g/mol. The minimum absolute atomic E-state index is 0.0524. The van der Waals surface area contributed by atoms with Gasteiger partial charge in [-0.1, -0.05) is 18.2 Å². The van der Waals surface area contributed by atoms with Gasteiger partial charge in [0.2, 0.25) is 0 Å². The lowest BCUT2D eigenvalue weighted by Gasteiger charge is -2.07. The molecule has 1 aliphatic carbocycles. The summed E-state index contributed by atoms with van der Waals surface area (Å²) in [7, 11) is 0. The lowest BCUT2D eigenvalue weighted by atomic mass is 10.5. The maximum absolute atomic E-state index is 13.3. The van der Waals surface area contributed by atoms with E-state index in [1.54, 1.807) is 12.3 Å². The van der Waals surface area contributed by atoms with E-state index < -0.39 is 5.82 Å². The van der Waals surface area contributed by atoms with Gasteiger partial charge in [-0.25, -0.2) is 9.37 Å². The van der Waals surface area contributed by atoms with Crippen molar-refractivity contribution in [2.75, 3.05) is 12.0 Å². The number of hydrogen-bond donors (Lipinski definition) is 2. The van der Waals surface area contributed by atoms with Gasteiger partial charge in [-0.05, 0) is 12.8 Å². The van der Waals surface area contributed by atoms with E-state index in [4.69, 9.17) is 4.74 Å². The van der Waals surface area contributed by atoms with Gasteiger partial charge in [-0.15, -0.1) is 0 Å². The molecule has 90 valence electrons. The van der Waals surface area contributed by atoms with Crippen LogP contribution in [0.15, 0.2) is 30.6 Å². The molecule has 1 aliphatic rings. The van der Waals surface area contributed by atoms with Crippen LogP contribution in [0.2, 0.25) is 0 Å². The van der Waals surface area contributed by atoms with Crippen molar-refractivity contribution in [2.24, 2.45) is 0 Å². The largest absolute Gasteiger partial charge is 0.459 e. The van der Waals surface area contributed by atoms with E-state index in [2.05, 4.69) is 27.4 Å². The molecule has 0 aromatic carbocycles. The molecule has 0 aliphatic heterocycles. The zero-order valence-corrected chi connectivity index (χ0v) is 9.24. The minimum Gasteiger partial charge on any atom is -0.459 e. The van der Waals surface area contributed by atoms with Gasteiger partial charge >= 0.3 is 6.01 Å². The van der Waals surface area contributed by atoms with E-state index in [0.29, 0.717) is 0 Å². The lowest BCUT2D eigenvalue weighted by Crippen LogP contribution is -2.17. The van der Waals surface area contributed by atoms with Crippen LogP contribution < -0.4 is 15.6 Å². The first-order valence-electron chi connectivity index (χ1n) is 5.25. The van der Waals surface area contributed by atoms with E-state index in [0.717, 1.165) is 19.0 Å². The molecule has 1 fully saturated rings. The Morgan fingerprint density at radius 3 is 3.06 bits per heavy atom. The summed E-state index contributed by atoms with van der Waals surface area (Å²) in [5.74, 6) is -0.491. The second-order valence-electron chi connectivity index (χ2n) is 3.52. The molecule has 0 unspecified atom stereocenters. The fraction of sp³-hybridized carbons (Fsp3) is 0.273. The first-order chi connectivity index (χ1) is 8.29. The zero-order chi connectivity index (χ0) is 12.1. The molecule has 2 rings (SSSR count). The zero-order valence-electron chi connectivity index (χ0n) is 9.24. The number of rotatable bonds is 6. The number of ether oxygens (including phenoxy) is 1. The van der Waals surface area contributed by atoms with Crippen molar-refractivity contribution < 1.29 is 9.13 Å². The highest BCUT2D eigenvalue weighted by atomic mass is 19.1. The van der Waals surface area contributed by atoms with Crippen LogP contribution in [-0.4, -0.2) is 16.6 Å². The summed E-state index contributed by atoms with van der Waals surface area (Å²) in [6.45, 7) is 3.78. The Hall–Kier alpha value is -2.11. The number of halogens is 1. The van der Waals surface area contributed by atoms with Crippen LogP contribution >= 0.6 is 0 Å². The van der Waals surface area contributed by atoms with Crippen LogP contribution in [-0.2, 0) is 0 Å². The summed E-state index contributed by atoms with van der Waals surface area (Å²) in [4.78, 5) is 7.56. The van der Waals surface area contributed by atoms with E-state index >= 15 is 0 Å². The lowest BCUT2D eigenvalue weighted by molar-refractivity contribution is 0.331. The highest BCUT2D eigenvalue weighted by molar-refractivity contribution is 5.35. The van der Waals surface area contributed by atoms with Crippen molar-refractivity contribution in [3.8, 4) is 6.01 Å². The van der Waals surface area contributed by atoms with Crippen LogP contribution in [0.5, 0.6) is 6.01 Å². The SMILES string of the molecule is C=CCOc1ncc(F)c(NNC=C2CC2)n1. The van der Waals surface area contributed by atoms with Gasteiger partial charge in [0.1, 0.15) is 6.61 Å². The van der Waals surface area contributed by atoms with Crippen molar-refractivity contribution in [3.63, 3.8) is 0 Å². The summed E-state index contributed by atoms with van der Waals surface area (Å²) in [5.41, 5.74) is 6.70. The van der Waals surface area contributed by atoms with Crippen molar-refractivity contribution >= 4 is 5.82 Å². The molecule has 17 heavy (non-hydrogen) atoms. The van der Waals surface area contributed by atoms with Crippen molar-refractivity contribution in [3.05, 3.63) is 36.4 Å². The third-order valence-electron chi connectivity index (χ3n) is 2.06. The smallest absolute Gasteiger partial charge is 0.318 e. The molecule has 0 radical (unpaired) electrons. The summed E-state index contributed by atoms with van der Waals surface area (Å²) in [5, 5.41) is 0. The number of hydrogen-bond acceptors (Lipinski definition) is 5. The normalized spacial score (nSPS) is 12.9. The molecule has 0 amide bonds. The van der Waals surface area contributed by atoms with Crippen LogP contribution in [0, 0.1) is 5.82 Å². The predicted molar refractivity (Wildman–Crippen MR) is 61.8 cm³/mol. The first-order valence-corrected chi connectivity index (χ1v) is 5.25. The van der Waals surface area contributed by atoms with Gasteiger partial charge in [0.15, 0.2) is 11.6 Å². The molecule has 0 atom stereocenters. The molecule has 1 saturated carbocycles. The number of anilines is 1. The maximum atomic E-state index is 13.3. The molecular formula is C11H13FN4O. The Balaban J connectivity index is 1.97. The summed E-state index contributed by atoms with van der Waals surface area (Å²) in [6.07, 6.45) is 6.60. The highest BCUT2D eigenvalue weighted by Gasteiger charge is 2.10. The molecule has 0 spiro atoms. The Bertz CT molecular complexity index is 441. The first kappa shape index (κ1) is 11.4. The van der Waals surface area contributed by atoms with E-state index in [1.165, 1.54) is 5.57 Å². The van der Waals surface area contributed by atoms with Gasteiger partial charge in [-0.3, -0.25) is 5.43 Å². The quantitative estimate of drug-likeness (QED) is 0.582. The third-order valence-corrected chi connectivity index (χ3v) is 2.06. The molecule has 1 aromatic rings. The fourth-order valence-electron chi connectivity index (χ4n) is 1.06. The topological polar surface area (TPSA) is 59.1 Å². The Kier molecular flexibility index (Phi) is 3.54. The average Bonchev–Trinajstić information content (AvgIpc) is 3.14. The fourth-order valence-corrected chi connectivity index (χ4v) is 1.06. The standard InChI is InChI=1S/C11H13FN4O/c1-2-5-17-11-13-7-9(12)10(15-11)16-14-6-8-3-4-8/h2,6-7,14H,1,3-5H2,(H,13,15,16). The predicted octanol–water partition coefficient (Wildman–Crippen LogP) is 1.77. The van der Waals surface area contributed by atoms with Crippen LogP contribution in [0.3, 0.4) is 0 Å². The number of allylic oxidation sites excluding steroid dienone is 1. The van der Waals surface area contributed by atoms with Crippen molar-refractivity contribution in [1.82, 2.24) is 15.4 Å². The number of nitrogens with one attached hydrogen (secondary N) is 2. The van der Waals surface area contributed by atoms with Gasteiger partial charge < -0.3 is 10.2 Å². The Morgan fingerprint density at radius 2 is 2.35 bits per heavy atom. The van der Waals surface area contributed by atoms with Crippen molar-refractivity contribution in [2.45, 2.75) is 12.8 Å². The minimum atomic E-state index is -0.544. The number of nitrogens with zero attached hydrogens (tertiary/aromatic N) is 2. The number of aromatic nitrogens is 2. The van der Waals surface area contributed by atoms with Gasteiger partial charge in [0.25, 0.3) is 0 Å². The molecular weight excluding hydrogens is 223 g/mol. The maximum Gasteiger partial charge on any atom is 0.318 e. The van der Waals surface area contributed by atoms with Gasteiger partial charge in [0, 0.05) is 6.20 Å². The Morgan fingerprint density at radius 1 is 1.53 bits per heavy atom. The molecule has 2 N–H and O–H groups in total. The molecule has 6 heteroatoms. The van der Waals surface area contributed by atoms with Gasteiger partial charge in [-0.2, -0.15) is 4.98 Å². The summed E-state index contributed by atoms with van der Waals surface area (Å²) < 4.78 is 18.4. The van der Waals surface area contributed by atoms with E-state index in [1.807, 2.05) is 0 Å². The number of hydrazine groups is 1. The molecule has 1 heterocycles. The van der Waals surface area contributed by atoms with Gasteiger partial charge in [0.05, 0.1) is 6.20 Å². The summed E-state index contributed by atoms with van der Waals surface area (Å²) >= 11 is 0. The second-order valence-corrected chi connectivity index (χ2v) is 3.52. The van der Waals surface area contributed by atoms with E-state index in [-0.39, 0.29) is 18.4 Å². The van der Waals surface area contributed by atoms with Crippen LogP contribution in [0.4, 0.5) is 10.2 Å². The van der Waals surface area contributed by atoms with Crippen LogP contribution in [0.1, 0.15) is 12.8 Å². The molecule has 1 aromatic heterocycles. The summed E-state index contributed by atoms with van der Waals surface area (Å²) in [6, 6.07) is 0.106.